The van der Waals surface area contributed by atoms with E-state index in [-0.39, 0.29) is 0 Å². The zero-order valence-electron chi connectivity index (χ0n) is 17.5. The van der Waals surface area contributed by atoms with E-state index < -0.39 is 0 Å². The van der Waals surface area contributed by atoms with Crippen LogP contribution in [-0.4, -0.2) is 28.0 Å². The van der Waals surface area contributed by atoms with Gasteiger partial charge in [-0.1, -0.05) is 23.4 Å². The molecule has 2 aromatic heterocycles. The number of fused-ring (bicyclic) bond motifs is 2. The smallest absolute Gasteiger partial charge is 0.174 e. The molecule has 1 aliphatic heterocycles. The van der Waals surface area contributed by atoms with Crippen molar-refractivity contribution in [3.05, 3.63) is 66.7 Å². The monoisotopic (exact) mass is 425 g/mol. The number of piperidine rings is 1. The number of hydrogen-bond acceptors (Lipinski definition) is 6. The number of para-hydroxylation sites is 1. The maximum Gasteiger partial charge on any atom is 0.174 e. The van der Waals surface area contributed by atoms with Crippen molar-refractivity contribution in [1.29, 1.82) is 0 Å². The third-order valence-electron chi connectivity index (χ3n) is 6.05. The second-order valence-electron chi connectivity index (χ2n) is 8.17. The molecule has 6 rings (SSSR count). The standard InChI is InChI=1S/C25H23N5O2/c26-25-21-13-20-22(14-23(21)32-29-25)30(17-5-4-12-27-15-17)28-24(20)16-8-10-19(11-9-16)31-18-6-2-1-3-7-18/h1-3,6-11,13-14,17,27H,4-5,12,15H2,(H2,26,29). The number of rotatable bonds is 4. The summed E-state index contributed by atoms with van der Waals surface area (Å²) >= 11 is 0. The van der Waals surface area contributed by atoms with Gasteiger partial charge in [-0.15, -0.1) is 0 Å². The summed E-state index contributed by atoms with van der Waals surface area (Å²) in [5.74, 6) is 1.99. The summed E-state index contributed by atoms with van der Waals surface area (Å²) in [6.45, 7) is 1.95. The first-order valence-electron chi connectivity index (χ1n) is 10.9. The molecule has 160 valence electrons. The van der Waals surface area contributed by atoms with Crippen LogP contribution in [0.3, 0.4) is 0 Å². The first-order chi connectivity index (χ1) is 15.8. The van der Waals surface area contributed by atoms with Crippen LogP contribution >= 0.6 is 0 Å². The van der Waals surface area contributed by atoms with E-state index in [1.165, 1.54) is 0 Å². The summed E-state index contributed by atoms with van der Waals surface area (Å²) in [7, 11) is 0. The van der Waals surface area contributed by atoms with E-state index in [1.807, 2.05) is 66.7 Å². The van der Waals surface area contributed by atoms with E-state index in [2.05, 4.69) is 15.2 Å². The Labute approximate surface area is 184 Å². The van der Waals surface area contributed by atoms with Crippen LogP contribution in [0.4, 0.5) is 5.82 Å². The van der Waals surface area contributed by atoms with Gasteiger partial charge in [0.05, 0.1) is 16.9 Å². The number of benzene rings is 3. The molecule has 32 heavy (non-hydrogen) atoms. The zero-order chi connectivity index (χ0) is 21.5. The molecule has 1 atom stereocenters. The van der Waals surface area contributed by atoms with Crippen LogP contribution in [0.5, 0.6) is 11.5 Å². The lowest BCUT2D eigenvalue weighted by Crippen LogP contribution is -2.32. The highest BCUT2D eigenvalue weighted by Gasteiger charge is 2.22. The van der Waals surface area contributed by atoms with Crippen LogP contribution in [0, 0.1) is 0 Å². The molecule has 1 aliphatic rings. The van der Waals surface area contributed by atoms with Gasteiger partial charge >= 0.3 is 0 Å². The van der Waals surface area contributed by atoms with Crippen LogP contribution in [0.2, 0.25) is 0 Å². The largest absolute Gasteiger partial charge is 0.457 e. The number of nitrogens with one attached hydrogen (secondary N) is 1. The number of ether oxygens (including phenoxy) is 1. The Morgan fingerprint density at radius 3 is 2.59 bits per heavy atom. The van der Waals surface area contributed by atoms with Gasteiger partial charge in [0.2, 0.25) is 0 Å². The second-order valence-corrected chi connectivity index (χ2v) is 8.17. The lowest BCUT2D eigenvalue weighted by Gasteiger charge is -2.23. The summed E-state index contributed by atoms with van der Waals surface area (Å²) in [4.78, 5) is 0. The molecule has 5 aromatic rings. The van der Waals surface area contributed by atoms with E-state index >= 15 is 0 Å². The molecule has 7 nitrogen and oxygen atoms in total. The van der Waals surface area contributed by atoms with Gasteiger partial charge in [-0.2, -0.15) is 5.10 Å². The van der Waals surface area contributed by atoms with Crippen molar-refractivity contribution in [3.63, 3.8) is 0 Å². The minimum absolute atomic E-state index is 0.290. The number of nitrogens with zero attached hydrogens (tertiary/aromatic N) is 3. The molecular weight excluding hydrogens is 402 g/mol. The van der Waals surface area contributed by atoms with Crippen molar-refractivity contribution in [2.45, 2.75) is 18.9 Å². The Bertz CT molecular complexity index is 1380. The topological polar surface area (TPSA) is 91.1 Å². The van der Waals surface area contributed by atoms with Gasteiger partial charge in [-0.25, -0.2) is 0 Å². The van der Waals surface area contributed by atoms with Gasteiger partial charge < -0.3 is 20.3 Å². The second kappa shape index (κ2) is 7.69. The number of nitrogens with two attached hydrogens (primary N) is 1. The fourth-order valence-electron chi connectivity index (χ4n) is 4.43. The highest BCUT2D eigenvalue weighted by Crippen LogP contribution is 2.36. The van der Waals surface area contributed by atoms with E-state index in [9.17, 15) is 0 Å². The van der Waals surface area contributed by atoms with E-state index in [0.29, 0.717) is 17.4 Å². The molecule has 7 heteroatoms. The average Bonchev–Trinajstić information content (AvgIpc) is 3.40. The molecule has 0 aliphatic carbocycles. The van der Waals surface area contributed by atoms with E-state index in [4.69, 9.17) is 20.1 Å². The fraction of sp³-hybridized carbons (Fsp3) is 0.200. The van der Waals surface area contributed by atoms with Crippen LogP contribution in [-0.2, 0) is 0 Å². The van der Waals surface area contributed by atoms with Crippen LogP contribution in [0.1, 0.15) is 18.9 Å². The Morgan fingerprint density at radius 1 is 1.00 bits per heavy atom. The molecule has 1 unspecified atom stereocenters. The van der Waals surface area contributed by atoms with Gasteiger partial charge in [-0.05, 0) is 61.9 Å². The van der Waals surface area contributed by atoms with E-state index in [1.54, 1.807) is 0 Å². The molecule has 1 saturated heterocycles. The fourth-order valence-corrected chi connectivity index (χ4v) is 4.43. The van der Waals surface area contributed by atoms with Crippen molar-refractivity contribution in [3.8, 4) is 22.8 Å². The molecule has 3 heterocycles. The Hall–Kier alpha value is -3.84. The third-order valence-corrected chi connectivity index (χ3v) is 6.05. The Balaban J connectivity index is 1.44. The highest BCUT2D eigenvalue weighted by atomic mass is 16.5. The highest BCUT2D eigenvalue weighted by molar-refractivity contribution is 6.04. The van der Waals surface area contributed by atoms with Gasteiger partial charge in [-0.3, -0.25) is 4.68 Å². The zero-order valence-corrected chi connectivity index (χ0v) is 17.5. The van der Waals surface area contributed by atoms with Crippen LogP contribution in [0.25, 0.3) is 33.1 Å². The average molecular weight is 425 g/mol. The molecule has 0 saturated carbocycles. The summed E-state index contributed by atoms with van der Waals surface area (Å²) in [5.41, 5.74) is 9.69. The van der Waals surface area contributed by atoms with Crippen LogP contribution in [0.15, 0.2) is 71.3 Å². The molecule has 3 N–H and O–H groups in total. The molecule has 0 bridgehead atoms. The molecule has 0 radical (unpaired) electrons. The maximum atomic E-state index is 6.04. The van der Waals surface area contributed by atoms with Crippen molar-refractivity contribution in [1.82, 2.24) is 20.3 Å². The Morgan fingerprint density at radius 2 is 1.81 bits per heavy atom. The van der Waals surface area contributed by atoms with Crippen molar-refractivity contribution >= 4 is 27.7 Å². The van der Waals surface area contributed by atoms with Gasteiger partial charge in [0.15, 0.2) is 11.4 Å². The van der Waals surface area contributed by atoms with Gasteiger partial charge in [0, 0.05) is 23.6 Å². The SMILES string of the molecule is Nc1noc2cc3c(cc12)c(-c1ccc(Oc2ccccc2)cc1)nn3C1CCCNC1. The minimum atomic E-state index is 0.290. The molecular formula is C25H23N5O2. The summed E-state index contributed by atoms with van der Waals surface area (Å²) < 4.78 is 13.5. The minimum Gasteiger partial charge on any atom is -0.457 e. The molecule has 0 spiro atoms. The lowest BCUT2D eigenvalue weighted by molar-refractivity contribution is 0.355. The number of hydrogen-bond donors (Lipinski definition) is 2. The predicted molar refractivity (Wildman–Crippen MR) is 125 cm³/mol. The summed E-state index contributed by atoms with van der Waals surface area (Å²) in [5, 5.41) is 14.3. The predicted octanol–water partition coefficient (Wildman–Crippen LogP) is 5.14. The van der Waals surface area contributed by atoms with Crippen molar-refractivity contribution in [2.24, 2.45) is 0 Å². The number of nitrogen functional groups attached to an aromatic ring is 1. The molecule has 1 fully saturated rings. The van der Waals surface area contributed by atoms with Crippen LogP contribution < -0.4 is 15.8 Å². The molecule has 3 aromatic carbocycles. The Kier molecular flexibility index (Phi) is 4.54. The quantitative estimate of drug-likeness (QED) is 0.414. The normalized spacial score (nSPS) is 16.6. The van der Waals surface area contributed by atoms with Gasteiger partial charge in [0.1, 0.15) is 17.2 Å². The number of aromatic nitrogens is 3. The van der Waals surface area contributed by atoms with Gasteiger partial charge in [0.25, 0.3) is 0 Å². The molecule has 0 amide bonds. The first-order valence-corrected chi connectivity index (χ1v) is 10.9. The van der Waals surface area contributed by atoms with Crippen molar-refractivity contribution < 1.29 is 9.26 Å². The first kappa shape index (κ1) is 18.9. The lowest BCUT2D eigenvalue weighted by atomic mass is 10.1. The number of anilines is 1. The summed E-state index contributed by atoms with van der Waals surface area (Å²) in [6.07, 6.45) is 2.22. The van der Waals surface area contributed by atoms with Crippen molar-refractivity contribution in [2.75, 3.05) is 18.8 Å². The summed E-state index contributed by atoms with van der Waals surface area (Å²) in [6, 6.07) is 22.1. The third kappa shape index (κ3) is 3.27. The van der Waals surface area contributed by atoms with E-state index in [0.717, 1.165) is 65.0 Å². The maximum absolute atomic E-state index is 6.04.